The van der Waals surface area contributed by atoms with Gasteiger partial charge in [-0.15, -0.1) is 0 Å². The van der Waals surface area contributed by atoms with Crippen LogP contribution in [0.4, 0.5) is 0 Å². The van der Waals surface area contributed by atoms with E-state index in [0.717, 1.165) is 19.6 Å². The third kappa shape index (κ3) is 3.85. The van der Waals surface area contributed by atoms with Crippen molar-refractivity contribution < 1.29 is 14.3 Å². The van der Waals surface area contributed by atoms with Gasteiger partial charge >= 0.3 is 0 Å². The number of hydrogen-bond acceptors (Lipinski definition) is 5. The van der Waals surface area contributed by atoms with Gasteiger partial charge in [-0.1, -0.05) is 0 Å². The number of carbonyl (C=O) groups is 2. The summed E-state index contributed by atoms with van der Waals surface area (Å²) < 4.78 is 5.80. The molecule has 3 aliphatic rings. The van der Waals surface area contributed by atoms with Gasteiger partial charge in [-0.25, -0.2) is 0 Å². The first-order valence-electron chi connectivity index (χ1n) is 9.36. The Hall–Kier alpha value is -2.73. The van der Waals surface area contributed by atoms with E-state index in [9.17, 15) is 9.59 Å². The van der Waals surface area contributed by atoms with Gasteiger partial charge in [0.25, 0.3) is 5.91 Å². The highest BCUT2D eigenvalue weighted by Gasteiger charge is 2.34. The fourth-order valence-corrected chi connectivity index (χ4v) is 3.92. The summed E-state index contributed by atoms with van der Waals surface area (Å²) in [5.41, 5.74) is 1.04. The first-order valence-corrected chi connectivity index (χ1v) is 9.36. The normalized spacial score (nSPS) is 23.7. The number of ketones is 1. The molecule has 1 aromatic carbocycles. The van der Waals surface area contributed by atoms with Gasteiger partial charge in [-0.2, -0.15) is 0 Å². The maximum Gasteiger partial charge on any atom is 0.251 e. The minimum Gasteiger partial charge on any atom is -0.456 e. The van der Waals surface area contributed by atoms with E-state index in [1.165, 1.54) is 26.0 Å². The molecule has 0 spiro atoms. The highest BCUT2D eigenvalue weighted by molar-refractivity contribution is 5.96. The molecule has 1 amide bonds. The molecule has 2 bridgehead atoms. The number of pyridine rings is 1. The Bertz CT molecular complexity index is 842. The topological polar surface area (TPSA) is 71.5 Å². The minimum absolute atomic E-state index is 0.0476. The summed E-state index contributed by atoms with van der Waals surface area (Å²) in [4.78, 5) is 30.6. The van der Waals surface area contributed by atoms with Crippen molar-refractivity contribution in [1.29, 1.82) is 0 Å². The van der Waals surface area contributed by atoms with Gasteiger partial charge in [0, 0.05) is 30.5 Å². The van der Waals surface area contributed by atoms with Crippen molar-refractivity contribution in [3.05, 3.63) is 53.9 Å². The van der Waals surface area contributed by atoms with Gasteiger partial charge in [-0.05, 0) is 69.1 Å². The first-order chi connectivity index (χ1) is 13.1. The second-order valence-corrected chi connectivity index (χ2v) is 7.27. The van der Waals surface area contributed by atoms with Crippen LogP contribution in [-0.2, 0) is 0 Å². The monoisotopic (exact) mass is 365 g/mol. The quantitative estimate of drug-likeness (QED) is 0.825. The summed E-state index contributed by atoms with van der Waals surface area (Å²) in [6.07, 6.45) is 5.41. The van der Waals surface area contributed by atoms with Gasteiger partial charge in [-0.3, -0.25) is 14.6 Å². The van der Waals surface area contributed by atoms with Crippen LogP contribution in [0, 0.1) is 5.92 Å². The Labute approximate surface area is 158 Å². The molecule has 1 aromatic heterocycles. The number of amides is 1. The van der Waals surface area contributed by atoms with Crippen LogP contribution < -0.4 is 10.1 Å². The Balaban J connectivity index is 1.42. The molecule has 6 heteroatoms. The largest absolute Gasteiger partial charge is 0.456 e. The van der Waals surface area contributed by atoms with Crippen molar-refractivity contribution in [3.8, 4) is 11.5 Å². The molecule has 0 saturated carbocycles. The third-order valence-electron chi connectivity index (χ3n) is 5.48. The highest BCUT2D eigenvalue weighted by atomic mass is 16.5. The third-order valence-corrected chi connectivity index (χ3v) is 5.48. The number of piperidine rings is 3. The summed E-state index contributed by atoms with van der Waals surface area (Å²) in [7, 11) is 0. The Kier molecular flexibility index (Phi) is 4.90. The Morgan fingerprint density at radius 2 is 1.89 bits per heavy atom. The van der Waals surface area contributed by atoms with Crippen LogP contribution >= 0.6 is 0 Å². The predicted molar refractivity (Wildman–Crippen MR) is 101 cm³/mol. The van der Waals surface area contributed by atoms with E-state index in [1.54, 1.807) is 36.5 Å². The van der Waals surface area contributed by atoms with Crippen LogP contribution in [0.1, 0.15) is 40.5 Å². The molecule has 0 unspecified atom stereocenters. The lowest BCUT2D eigenvalue weighted by atomic mass is 9.84. The zero-order valence-corrected chi connectivity index (χ0v) is 15.4. The fraction of sp³-hybridized carbons (Fsp3) is 0.381. The highest BCUT2D eigenvalue weighted by Crippen LogP contribution is 2.28. The van der Waals surface area contributed by atoms with Crippen LogP contribution in [0.2, 0.25) is 0 Å². The van der Waals surface area contributed by atoms with Crippen molar-refractivity contribution in [2.24, 2.45) is 5.92 Å². The van der Waals surface area contributed by atoms with E-state index >= 15 is 0 Å². The second kappa shape index (κ2) is 7.48. The van der Waals surface area contributed by atoms with E-state index in [0.29, 0.717) is 28.5 Å². The molecule has 6 nitrogen and oxygen atoms in total. The lowest BCUT2D eigenvalue weighted by Crippen LogP contribution is -2.57. The number of ether oxygens (including phenoxy) is 1. The molecule has 0 radical (unpaired) electrons. The van der Waals surface area contributed by atoms with Crippen LogP contribution in [0.25, 0.3) is 0 Å². The number of nitrogens with one attached hydrogen (secondary N) is 1. The van der Waals surface area contributed by atoms with Crippen LogP contribution in [0.3, 0.4) is 0 Å². The Morgan fingerprint density at radius 3 is 2.52 bits per heavy atom. The molecule has 27 heavy (non-hydrogen) atoms. The number of Topliss-reactive ketones (excluding diaryl/α,β-unsaturated/α-hetero) is 1. The summed E-state index contributed by atoms with van der Waals surface area (Å²) in [6.45, 7) is 4.74. The number of nitrogens with zero attached hydrogens (tertiary/aromatic N) is 2. The van der Waals surface area contributed by atoms with E-state index in [4.69, 9.17) is 4.74 Å². The number of benzene rings is 1. The van der Waals surface area contributed by atoms with Crippen molar-refractivity contribution in [2.45, 2.75) is 25.8 Å². The smallest absolute Gasteiger partial charge is 0.251 e. The molecule has 1 N–H and O–H groups in total. The fourth-order valence-electron chi connectivity index (χ4n) is 3.92. The average Bonchev–Trinajstić information content (AvgIpc) is 2.70. The summed E-state index contributed by atoms with van der Waals surface area (Å²) in [5.74, 6) is 1.48. The van der Waals surface area contributed by atoms with Crippen molar-refractivity contribution >= 4 is 11.7 Å². The van der Waals surface area contributed by atoms with E-state index in [-0.39, 0.29) is 17.7 Å². The second-order valence-electron chi connectivity index (χ2n) is 7.27. The minimum atomic E-state index is -0.105. The van der Waals surface area contributed by atoms with Crippen LogP contribution in [0.5, 0.6) is 11.5 Å². The lowest BCUT2D eigenvalue weighted by molar-refractivity contribution is 0.0620. The molecule has 3 fully saturated rings. The molecule has 2 aromatic rings. The lowest BCUT2D eigenvalue weighted by Gasteiger charge is -2.44. The maximum absolute atomic E-state index is 12.6. The number of rotatable bonds is 5. The van der Waals surface area contributed by atoms with Gasteiger partial charge in [0.2, 0.25) is 0 Å². The Morgan fingerprint density at radius 1 is 1.15 bits per heavy atom. The van der Waals surface area contributed by atoms with E-state index in [2.05, 4.69) is 15.2 Å². The van der Waals surface area contributed by atoms with Gasteiger partial charge in [0.1, 0.15) is 11.5 Å². The molecular weight excluding hydrogens is 342 g/mol. The zero-order chi connectivity index (χ0) is 18.8. The predicted octanol–water partition coefficient (Wildman–Crippen LogP) is 2.90. The van der Waals surface area contributed by atoms with E-state index in [1.807, 2.05) is 0 Å². The van der Waals surface area contributed by atoms with Gasteiger partial charge in [0.05, 0.1) is 5.56 Å². The molecule has 3 aliphatic heterocycles. The van der Waals surface area contributed by atoms with Gasteiger partial charge < -0.3 is 15.0 Å². The molecule has 4 heterocycles. The molecule has 1 atom stereocenters. The van der Waals surface area contributed by atoms with Crippen molar-refractivity contribution in [1.82, 2.24) is 15.2 Å². The molecule has 3 saturated heterocycles. The first kappa shape index (κ1) is 17.7. The van der Waals surface area contributed by atoms with Gasteiger partial charge in [0.15, 0.2) is 5.78 Å². The molecular formula is C21H23N3O3. The average molecular weight is 365 g/mol. The van der Waals surface area contributed by atoms with Crippen molar-refractivity contribution in [3.63, 3.8) is 0 Å². The number of carbonyl (C=O) groups excluding carboxylic acids is 2. The standard InChI is InChI=1S/C21H23N3O3/c1-14(25)18-12-22-9-6-20(18)27-17-4-2-16(3-5-17)21(26)23-19-13-24-10-7-15(19)8-11-24/h2-6,9,12,15,19H,7-8,10-11,13H2,1H3,(H,23,26)/t19-/m0/s1. The van der Waals surface area contributed by atoms with Crippen molar-refractivity contribution in [2.75, 3.05) is 19.6 Å². The van der Waals surface area contributed by atoms with Crippen LogP contribution in [-0.4, -0.2) is 47.3 Å². The summed E-state index contributed by atoms with van der Waals surface area (Å²) in [6, 6.07) is 8.89. The SMILES string of the molecule is CC(=O)c1cnccc1Oc1ccc(C(=O)N[C@H]2CN3CCC2CC3)cc1. The van der Waals surface area contributed by atoms with Crippen LogP contribution in [0.15, 0.2) is 42.7 Å². The zero-order valence-electron chi connectivity index (χ0n) is 15.4. The number of fused-ring (bicyclic) bond motifs is 3. The van der Waals surface area contributed by atoms with E-state index < -0.39 is 0 Å². The number of aromatic nitrogens is 1. The maximum atomic E-state index is 12.6. The molecule has 0 aliphatic carbocycles. The number of hydrogen-bond donors (Lipinski definition) is 1. The summed E-state index contributed by atoms with van der Waals surface area (Å²) in [5, 5.41) is 3.19. The summed E-state index contributed by atoms with van der Waals surface area (Å²) >= 11 is 0. The molecule has 5 rings (SSSR count). The molecule has 140 valence electrons.